The number of carbonyl (C=O) groups is 2. The summed E-state index contributed by atoms with van der Waals surface area (Å²) in [5.74, 6) is 0.392. The van der Waals surface area contributed by atoms with Crippen LogP contribution >= 0.6 is 0 Å². The van der Waals surface area contributed by atoms with Gasteiger partial charge in [-0.05, 0) is 19.1 Å². The fourth-order valence-corrected chi connectivity index (χ4v) is 1.89. The summed E-state index contributed by atoms with van der Waals surface area (Å²) < 4.78 is 15.1. The highest BCUT2D eigenvalue weighted by atomic mass is 16.5. The van der Waals surface area contributed by atoms with Crippen LogP contribution < -0.4 is 9.47 Å². The van der Waals surface area contributed by atoms with E-state index in [9.17, 15) is 14.7 Å². The topological polar surface area (TPSA) is 85.3 Å². The predicted octanol–water partition coefficient (Wildman–Crippen LogP) is 0.846. The summed E-state index contributed by atoms with van der Waals surface area (Å²) in [5, 5.41) is 9.48. The monoisotopic (exact) mass is 325 g/mol. The standard InChI is InChI=1S/C16H23NO6/c1-12(18)10-17(8-7-16(20)22-3)15(19)11-23-14-6-4-5-13(9-14)21-2/h4-6,9,12,18H,7-8,10-11H2,1-3H3. The Morgan fingerprint density at radius 1 is 1.26 bits per heavy atom. The lowest BCUT2D eigenvalue weighted by molar-refractivity contribution is -0.142. The van der Waals surface area contributed by atoms with Gasteiger partial charge in [0.05, 0.1) is 26.7 Å². The smallest absolute Gasteiger partial charge is 0.307 e. The van der Waals surface area contributed by atoms with E-state index in [0.29, 0.717) is 11.5 Å². The first-order valence-electron chi connectivity index (χ1n) is 7.25. The minimum absolute atomic E-state index is 0.0636. The van der Waals surface area contributed by atoms with E-state index in [1.54, 1.807) is 38.3 Å². The van der Waals surface area contributed by atoms with Crippen molar-refractivity contribution in [2.75, 3.05) is 33.9 Å². The van der Waals surface area contributed by atoms with Crippen molar-refractivity contribution >= 4 is 11.9 Å². The lowest BCUT2D eigenvalue weighted by Gasteiger charge is -2.23. The van der Waals surface area contributed by atoms with Crippen molar-refractivity contribution in [3.8, 4) is 11.5 Å². The molecule has 7 nitrogen and oxygen atoms in total. The Bertz CT molecular complexity index is 517. The Hall–Kier alpha value is -2.28. The number of amides is 1. The molecule has 1 N–H and O–H groups in total. The largest absolute Gasteiger partial charge is 0.497 e. The van der Waals surface area contributed by atoms with Crippen molar-refractivity contribution in [2.45, 2.75) is 19.4 Å². The van der Waals surface area contributed by atoms with Crippen LogP contribution in [-0.2, 0) is 14.3 Å². The van der Waals surface area contributed by atoms with Crippen molar-refractivity contribution in [1.82, 2.24) is 4.90 Å². The number of esters is 1. The summed E-state index contributed by atoms with van der Waals surface area (Å²) in [4.78, 5) is 24.8. The highest BCUT2D eigenvalue weighted by Crippen LogP contribution is 2.18. The lowest BCUT2D eigenvalue weighted by atomic mass is 10.3. The number of carbonyl (C=O) groups excluding carboxylic acids is 2. The molecule has 0 heterocycles. The van der Waals surface area contributed by atoms with Gasteiger partial charge in [-0.15, -0.1) is 0 Å². The van der Waals surface area contributed by atoms with E-state index in [1.807, 2.05) is 0 Å². The Balaban J connectivity index is 2.59. The second-order valence-electron chi connectivity index (χ2n) is 4.98. The van der Waals surface area contributed by atoms with Gasteiger partial charge in [0.15, 0.2) is 6.61 Å². The van der Waals surface area contributed by atoms with Crippen LogP contribution in [0.15, 0.2) is 24.3 Å². The number of rotatable bonds is 9. The molecule has 0 spiro atoms. The molecule has 7 heteroatoms. The average Bonchev–Trinajstić information content (AvgIpc) is 2.55. The second-order valence-corrected chi connectivity index (χ2v) is 4.98. The third kappa shape index (κ3) is 7.01. The summed E-state index contributed by atoms with van der Waals surface area (Å²) in [5.41, 5.74) is 0. The fourth-order valence-electron chi connectivity index (χ4n) is 1.89. The average molecular weight is 325 g/mol. The maximum absolute atomic E-state index is 12.2. The molecule has 128 valence electrons. The van der Waals surface area contributed by atoms with Crippen LogP contribution in [0.1, 0.15) is 13.3 Å². The number of aliphatic hydroxyl groups is 1. The van der Waals surface area contributed by atoms with Crippen molar-refractivity contribution in [2.24, 2.45) is 0 Å². The Kier molecular flexibility index (Phi) is 7.90. The summed E-state index contributed by atoms with van der Waals surface area (Å²) in [6.07, 6.45) is -0.637. The molecule has 1 aromatic carbocycles. The van der Waals surface area contributed by atoms with Gasteiger partial charge in [-0.2, -0.15) is 0 Å². The van der Waals surface area contributed by atoms with Crippen LogP contribution in [0.5, 0.6) is 11.5 Å². The van der Waals surface area contributed by atoms with Crippen LogP contribution in [-0.4, -0.2) is 61.9 Å². The first kappa shape index (κ1) is 18.8. The van der Waals surface area contributed by atoms with E-state index in [-0.39, 0.29) is 32.0 Å². The molecule has 0 saturated carbocycles. The van der Waals surface area contributed by atoms with Crippen molar-refractivity contribution in [3.05, 3.63) is 24.3 Å². The number of nitrogens with zero attached hydrogens (tertiary/aromatic N) is 1. The zero-order valence-corrected chi connectivity index (χ0v) is 13.7. The van der Waals surface area contributed by atoms with E-state index in [0.717, 1.165) is 0 Å². The first-order chi connectivity index (χ1) is 11.0. The number of ether oxygens (including phenoxy) is 3. The number of aliphatic hydroxyl groups excluding tert-OH is 1. The molecule has 1 rings (SSSR count). The van der Waals surface area contributed by atoms with Gasteiger partial charge in [-0.3, -0.25) is 9.59 Å². The SMILES string of the molecule is COC(=O)CCN(CC(C)O)C(=O)COc1cccc(OC)c1. The van der Waals surface area contributed by atoms with Gasteiger partial charge in [0.2, 0.25) is 0 Å². The molecule has 0 fully saturated rings. The molecule has 0 aliphatic carbocycles. The number of hydrogen-bond donors (Lipinski definition) is 1. The van der Waals surface area contributed by atoms with Crippen LogP contribution in [0.3, 0.4) is 0 Å². The Labute approximate surface area is 135 Å². The number of benzene rings is 1. The molecule has 0 aromatic heterocycles. The summed E-state index contributed by atoms with van der Waals surface area (Å²) >= 11 is 0. The van der Waals surface area contributed by atoms with Gasteiger partial charge >= 0.3 is 5.97 Å². The normalized spacial score (nSPS) is 11.5. The van der Waals surface area contributed by atoms with Crippen LogP contribution in [0.2, 0.25) is 0 Å². The molecule has 0 aliphatic heterocycles. The molecule has 1 unspecified atom stereocenters. The van der Waals surface area contributed by atoms with E-state index >= 15 is 0 Å². The van der Waals surface area contributed by atoms with E-state index < -0.39 is 12.1 Å². The van der Waals surface area contributed by atoms with Gasteiger partial charge in [0.1, 0.15) is 11.5 Å². The van der Waals surface area contributed by atoms with E-state index in [4.69, 9.17) is 9.47 Å². The third-order valence-corrected chi connectivity index (χ3v) is 3.05. The number of methoxy groups -OCH3 is 2. The highest BCUT2D eigenvalue weighted by Gasteiger charge is 2.17. The van der Waals surface area contributed by atoms with E-state index in [2.05, 4.69) is 4.74 Å². The van der Waals surface area contributed by atoms with Gasteiger partial charge in [0, 0.05) is 19.2 Å². The molecule has 0 radical (unpaired) electrons. The molecule has 0 saturated heterocycles. The van der Waals surface area contributed by atoms with Gasteiger partial charge < -0.3 is 24.2 Å². The highest BCUT2D eigenvalue weighted by molar-refractivity contribution is 5.78. The maximum atomic E-state index is 12.2. The quantitative estimate of drug-likeness (QED) is 0.678. The fraction of sp³-hybridized carbons (Fsp3) is 0.500. The summed E-state index contributed by atoms with van der Waals surface area (Å²) in [6.45, 7) is 1.66. The zero-order valence-electron chi connectivity index (χ0n) is 13.7. The molecule has 23 heavy (non-hydrogen) atoms. The summed E-state index contributed by atoms with van der Waals surface area (Å²) in [6, 6.07) is 6.90. The molecule has 0 aliphatic rings. The molecule has 1 aromatic rings. The molecular weight excluding hydrogens is 302 g/mol. The molecule has 0 bridgehead atoms. The second kappa shape index (κ2) is 9.68. The predicted molar refractivity (Wildman–Crippen MR) is 83.4 cm³/mol. The third-order valence-electron chi connectivity index (χ3n) is 3.05. The lowest BCUT2D eigenvalue weighted by Crippen LogP contribution is -2.40. The van der Waals surface area contributed by atoms with Crippen molar-refractivity contribution < 1.29 is 28.9 Å². The number of hydrogen-bond acceptors (Lipinski definition) is 6. The zero-order chi connectivity index (χ0) is 17.2. The maximum Gasteiger partial charge on any atom is 0.307 e. The Morgan fingerprint density at radius 3 is 2.57 bits per heavy atom. The Morgan fingerprint density at radius 2 is 1.96 bits per heavy atom. The molecule has 1 amide bonds. The first-order valence-corrected chi connectivity index (χ1v) is 7.25. The van der Waals surface area contributed by atoms with Gasteiger partial charge in [-0.25, -0.2) is 0 Å². The van der Waals surface area contributed by atoms with E-state index in [1.165, 1.54) is 12.0 Å². The van der Waals surface area contributed by atoms with Gasteiger partial charge in [0.25, 0.3) is 5.91 Å². The minimum Gasteiger partial charge on any atom is -0.497 e. The molecular formula is C16H23NO6. The minimum atomic E-state index is -0.701. The van der Waals surface area contributed by atoms with Crippen molar-refractivity contribution in [1.29, 1.82) is 0 Å². The van der Waals surface area contributed by atoms with Crippen molar-refractivity contribution in [3.63, 3.8) is 0 Å². The van der Waals surface area contributed by atoms with Crippen LogP contribution in [0, 0.1) is 0 Å². The van der Waals surface area contributed by atoms with Crippen LogP contribution in [0.4, 0.5) is 0 Å². The molecule has 1 atom stereocenters. The summed E-state index contributed by atoms with van der Waals surface area (Å²) in [7, 11) is 2.83. The van der Waals surface area contributed by atoms with Gasteiger partial charge in [-0.1, -0.05) is 6.07 Å². The van der Waals surface area contributed by atoms with Crippen LogP contribution in [0.25, 0.3) is 0 Å².